The Labute approximate surface area is 128 Å². The lowest BCUT2D eigenvalue weighted by molar-refractivity contribution is -0.152. The molecule has 0 bridgehead atoms. The van der Waals surface area contributed by atoms with Crippen molar-refractivity contribution in [1.82, 2.24) is 9.97 Å². The summed E-state index contributed by atoms with van der Waals surface area (Å²) in [5, 5.41) is 0. The molecule has 23 heavy (non-hydrogen) atoms. The Morgan fingerprint density at radius 3 is 2.17 bits per heavy atom. The number of alkyl halides is 4. The first kappa shape index (κ1) is 20.7. The van der Waals surface area contributed by atoms with Crippen LogP contribution in [0.2, 0.25) is 0 Å². The number of Topliss-reactive ketones (excluding diaryl/α,β-unsaturated/α-hetero) is 1. The number of carbonyl (C=O) groups excluding carboxylic acids is 2. The molecule has 1 heterocycles. The Kier molecular flexibility index (Phi) is 7.57. The van der Waals surface area contributed by atoms with Gasteiger partial charge in [0, 0.05) is 19.9 Å². The summed E-state index contributed by atoms with van der Waals surface area (Å²) in [5.74, 6) is -8.83. The van der Waals surface area contributed by atoms with Gasteiger partial charge < -0.3 is 9.72 Å². The van der Waals surface area contributed by atoms with E-state index in [-0.39, 0.29) is 6.61 Å². The van der Waals surface area contributed by atoms with Crippen molar-refractivity contribution in [2.75, 3.05) is 6.61 Å². The summed E-state index contributed by atoms with van der Waals surface area (Å²) < 4.78 is 53.5. The van der Waals surface area contributed by atoms with Crippen molar-refractivity contribution in [1.29, 1.82) is 0 Å². The van der Waals surface area contributed by atoms with Crippen LogP contribution in [0.15, 0.2) is 17.2 Å². The first-order valence-corrected chi connectivity index (χ1v) is 6.37. The van der Waals surface area contributed by atoms with Crippen LogP contribution in [0, 0.1) is 0 Å². The molecule has 0 fully saturated rings. The Morgan fingerprint density at radius 2 is 1.83 bits per heavy atom. The van der Waals surface area contributed by atoms with Crippen LogP contribution in [-0.2, 0) is 20.2 Å². The molecule has 0 saturated heterocycles. The third-order valence-corrected chi connectivity index (χ3v) is 2.23. The highest BCUT2D eigenvalue weighted by molar-refractivity contribution is 5.99. The van der Waals surface area contributed by atoms with Gasteiger partial charge in [-0.15, -0.1) is 0 Å². The first-order valence-electron chi connectivity index (χ1n) is 6.37. The van der Waals surface area contributed by atoms with Gasteiger partial charge >= 0.3 is 11.9 Å². The van der Waals surface area contributed by atoms with Crippen LogP contribution >= 0.6 is 0 Å². The quantitative estimate of drug-likeness (QED) is 0.503. The fourth-order valence-corrected chi connectivity index (χ4v) is 1.11. The molecular weight excluding hydrogens is 324 g/mol. The maximum atomic E-state index is 12.4. The van der Waals surface area contributed by atoms with Crippen LogP contribution in [0.25, 0.3) is 0 Å². The minimum absolute atomic E-state index is 0.0847. The van der Waals surface area contributed by atoms with E-state index >= 15 is 0 Å². The standard InChI is InChI=1S/C7H10F2O3.C6H6F2N2O/c1-3-12-6(11)4-5(10)7(2,8)9;1-6(7,8)4-2-5(11)10-3-9-4/h3-4H2,1-2H3;2-3H,1H3,(H,9,10,11). The number of ether oxygens (including phenoxy) is 1. The van der Waals surface area contributed by atoms with E-state index in [2.05, 4.69) is 14.7 Å². The summed E-state index contributed by atoms with van der Waals surface area (Å²) in [5.41, 5.74) is -1.09. The summed E-state index contributed by atoms with van der Waals surface area (Å²) >= 11 is 0. The van der Waals surface area contributed by atoms with E-state index in [1.807, 2.05) is 0 Å². The van der Waals surface area contributed by atoms with E-state index in [9.17, 15) is 31.9 Å². The minimum atomic E-state index is -3.45. The number of hydrogen-bond donors (Lipinski definition) is 1. The van der Waals surface area contributed by atoms with Gasteiger partial charge in [0.15, 0.2) is 0 Å². The van der Waals surface area contributed by atoms with E-state index in [1.54, 1.807) is 0 Å². The summed E-state index contributed by atoms with van der Waals surface area (Å²) in [6, 6.07) is 0.778. The molecule has 0 aliphatic heterocycles. The van der Waals surface area contributed by atoms with E-state index in [0.29, 0.717) is 13.8 Å². The van der Waals surface area contributed by atoms with Gasteiger partial charge in [0.2, 0.25) is 5.78 Å². The molecule has 1 aromatic heterocycles. The van der Waals surface area contributed by atoms with Gasteiger partial charge in [-0.1, -0.05) is 0 Å². The van der Waals surface area contributed by atoms with Crippen LogP contribution < -0.4 is 5.56 Å². The molecule has 6 nitrogen and oxygen atoms in total. The summed E-state index contributed by atoms with van der Waals surface area (Å²) in [7, 11) is 0. The molecular formula is C13H16F4N2O4. The lowest BCUT2D eigenvalue weighted by Crippen LogP contribution is -2.27. The van der Waals surface area contributed by atoms with Gasteiger partial charge in [0.1, 0.15) is 12.1 Å². The third-order valence-electron chi connectivity index (χ3n) is 2.23. The molecule has 1 rings (SSSR count). The minimum Gasteiger partial charge on any atom is -0.466 e. The molecule has 0 saturated carbocycles. The van der Waals surface area contributed by atoms with Crippen LogP contribution in [0.5, 0.6) is 0 Å². The smallest absolute Gasteiger partial charge is 0.313 e. The van der Waals surface area contributed by atoms with Crippen LogP contribution in [0.1, 0.15) is 32.9 Å². The number of H-pyrrole nitrogens is 1. The fourth-order valence-electron chi connectivity index (χ4n) is 1.11. The molecule has 0 amide bonds. The fraction of sp³-hybridized carbons (Fsp3) is 0.538. The molecule has 0 aromatic carbocycles. The molecule has 0 aliphatic carbocycles. The average molecular weight is 340 g/mol. The average Bonchev–Trinajstić information content (AvgIpc) is 2.37. The number of esters is 1. The number of aromatic amines is 1. The second-order valence-electron chi connectivity index (χ2n) is 4.48. The zero-order valence-electron chi connectivity index (χ0n) is 12.7. The highest BCUT2D eigenvalue weighted by Crippen LogP contribution is 2.22. The van der Waals surface area contributed by atoms with Gasteiger partial charge in [0.05, 0.1) is 12.9 Å². The highest BCUT2D eigenvalue weighted by atomic mass is 19.3. The van der Waals surface area contributed by atoms with Crippen LogP contribution in [0.4, 0.5) is 17.6 Å². The summed E-state index contributed by atoms with van der Waals surface area (Å²) in [6.07, 6.45) is 0.0897. The zero-order valence-corrected chi connectivity index (χ0v) is 12.7. The van der Waals surface area contributed by atoms with Crippen molar-refractivity contribution in [3.8, 4) is 0 Å². The van der Waals surface area contributed by atoms with Crippen molar-refractivity contribution in [2.45, 2.75) is 39.0 Å². The Hall–Kier alpha value is -2.26. The predicted octanol–water partition coefficient (Wildman–Crippen LogP) is 2.05. The van der Waals surface area contributed by atoms with Crippen molar-refractivity contribution in [3.63, 3.8) is 0 Å². The zero-order chi connectivity index (χ0) is 18.3. The summed E-state index contributed by atoms with van der Waals surface area (Å²) in [4.78, 5) is 37.0. The molecule has 10 heteroatoms. The lowest BCUT2D eigenvalue weighted by atomic mass is 10.2. The van der Waals surface area contributed by atoms with E-state index in [1.165, 1.54) is 6.92 Å². The Bertz CT molecular complexity index is 591. The number of ketones is 1. The second-order valence-corrected chi connectivity index (χ2v) is 4.48. The number of aromatic nitrogens is 2. The molecule has 130 valence electrons. The molecule has 1 N–H and O–H groups in total. The topological polar surface area (TPSA) is 89.1 Å². The van der Waals surface area contributed by atoms with Gasteiger partial charge in [-0.2, -0.15) is 17.6 Å². The monoisotopic (exact) mass is 340 g/mol. The van der Waals surface area contributed by atoms with E-state index in [4.69, 9.17) is 0 Å². The molecule has 0 unspecified atom stereocenters. The van der Waals surface area contributed by atoms with Crippen LogP contribution in [0.3, 0.4) is 0 Å². The SMILES string of the molecule is CC(F)(F)c1cc(=O)[nH]cn1.CCOC(=O)CC(=O)C(C)(F)F. The highest BCUT2D eigenvalue weighted by Gasteiger charge is 2.33. The molecule has 1 aromatic rings. The second kappa shape index (κ2) is 8.39. The number of hydrogen-bond acceptors (Lipinski definition) is 5. The Morgan fingerprint density at radius 1 is 1.26 bits per heavy atom. The van der Waals surface area contributed by atoms with Crippen LogP contribution in [-0.4, -0.2) is 34.2 Å². The number of nitrogens with one attached hydrogen (secondary N) is 1. The molecule has 0 spiro atoms. The van der Waals surface area contributed by atoms with Gasteiger partial charge in [-0.05, 0) is 6.92 Å². The number of nitrogens with zero attached hydrogens (tertiary/aromatic N) is 1. The third kappa shape index (κ3) is 8.69. The molecule has 0 radical (unpaired) electrons. The maximum absolute atomic E-state index is 12.4. The van der Waals surface area contributed by atoms with Gasteiger partial charge in [-0.3, -0.25) is 14.4 Å². The predicted molar refractivity (Wildman–Crippen MR) is 71.3 cm³/mol. The van der Waals surface area contributed by atoms with E-state index < -0.39 is 41.3 Å². The largest absolute Gasteiger partial charge is 0.466 e. The number of halogens is 4. The first-order chi connectivity index (χ1) is 10.4. The Balaban J connectivity index is 0.000000422. The van der Waals surface area contributed by atoms with Crippen molar-refractivity contribution in [3.05, 3.63) is 28.4 Å². The van der Waals surface area contributed by atoms with E-state index in [0.717, 1.165) is 12.4 Å². The maximum Gasteiger partial charge on any atom is 0.313 e. The lowest BCUT2D eigenvalue weighted by Gasteiger charge is -2.07. The van der Waals surface area contributed by atoms with Crippen molar-refractivity contribution >= 4 is 11.8 Å². The number of carbonyl (C=O) groups is 2. The molecule has 0 aliphatic rings. The number of rotatable bonds is 5. The van der Waals surface area contributed by atoms with Gasteiger partial charge in [-0.25, -0.2) is 4.98 Å². The van der Waals surface area contributed by atoms with Crippen molar-refractivity contribution < 1.29 is 31.9 Å². The normalized spacial score (nSPS) is 11.3. The van der Waals surface area contributed by atoms with Crippen molar-refractivity contribution in [2.24, 2.45) is 0 Å². The molecule has 0 atom stereocenters. The summed E-state index contributed by atoms with van der Waals surface area (Å²) in [6.45, 7) is 2.76. The van der Waals surface area contributed by atoms with Gasteiger partial charge in [0.25, 0.3) is 11.5 Å².